The standard InChI is InChI=1S/C41H63N7O14S/c1-9-10-15-25(33(54)35(42)55)44-37(57)27(18-22(2)3)47-40(60)34(41(5,6)7)48-39(59)28(19-24-14-12-11-13-23(24)4)46-36(56)26(16-17-31(50)51)45-38(58)29(20-32(52)53)43-30(49)21-63(8,61)62/h11-14,22,25-29,34H,9-10,15-21H2,1-8H3,(H2,42,55)(H,43,49)(H,44,57)(H,45,58)(H,46,56)(H,47,60)(H,48,59)(H,50,51)(H,52,53)/t25-,26-,27-,28-,29-,34+/m0/s1. The minimum absolute atomic E-state index is 0.0811. The number of hydrogen-bond acceptors (Lipinski definition) is 12. The number of amides is 7. The number of aliphatic carboxylic acids is 2. The highest BCUT2D eigenvalue weighted by Crippen LogP contribution is 2.21. The Kier molecular flexibility index (Phi) is 22.1. The molecule has 63 heavy (non-hydrogen) atoms. The molecule has 0 fully saturated rings. The van der Waals surface area contributed by atoms with Crippen molar-refractivity contribution < 1.29 is 66.6 Å². The number of carboxylic acid groups (broad SMARTS) is 2. The van der Waals surface area contributed by atoms with E-state index in [9.17, 15) is 66.6 Å². The number of primary amides is 1. The number of nitrogens with two attached hydrogens (primary N) is 1. The van der Waals surface area contributed by atoms with Gasteiger partial charge in [-0.05, 0) is 48.6 Å². The first kappa shape index (κ1) is 55.1. The maximum Gasteiger partial charge on any atom is 0.305 e. The van der Waals surface area contributed by atoms with Crippen LogP contribution < -0.4 is 37.6 Å². The molecule has 0 aromatic heterocycles. The quantitative estimate of drug-likeness (QED) is 0.0487. The van der Waals surface area contributed by atoms with E-state index in [0.717, 1.165) is 6.26 Å². The van der Waals surface area contributed by atoms with E-state index in [-0.39, 0.29) is 25.2 Å². The SMILES string of the molecule is CCCC[C@H](NC(=O)[C@H](CC(C)C)NC(=O)[C@@H](NC(=O)[C@H](Cc1ccccc1C)NC(=O)[C@H](CCC(=O)O)NC(=O)[C@H](CC(=O)O)NC(=O)CS(C)(=O)=O)C(C)(C)C)C(=O)C(N)=O. The second-order valence-corrected chi connectivity index (χ2v) is 19.0. The summed E-state index contributed by atoms with van der Waals surface area (Å²) in [4.78, 5) is 129. The first-order chi connectivity index (χ1) is 29.1. The molecule has 0 radical (unpaired) electrons. The zero-order valence-electron chi connectivity index (χ0n) is 37.0. The van der Waals surface area contributed by atoms with Gasteiger partial charge < -0.3 is 47.8 Å². The highest BCUT2D eigenvalue weighted by Gasteiger charge is 2.39. The second-order valence-electron chi connectivity index (χ2n) is 16.9. The van der Waals surface area contributed by atoms with Crippen molar-refractivity contribution in [1.29, 1.82) is 0 Å². The molecule has 0 aliphatic rings. The number of nitrogens with one attached hydrogen (secondary N) is 6. The molecule has 6 atom stereocenters. The lowest BCUT2D eigenvalue weighted by molar-refractivity contribution is -0.141. The maximum absolute atomic E-state index is 14.3. The van der Waals surface area contributed by atoms with Gasteiger partial charge in [-0.15, -0.1) is 0 Å². The Morgan fingerprint density at radius 1 is 0.698 bits per heavy atom. The second kappa shape index (κ2) is 25.2. The van der Waals surface area contributed by atoms with Gasteiger partial charge in [0.05, 0.1) is 12.5 Å². The highest BCUT2D eigenvalue weighted by molar-refractivity contribution is 7.91. The third kappa shape index (κ3) is 20.7. The molecule has 1 aromatic rings. The van der Waals surface area contributed by atoms with Gasteiger partial charge >= 0.3 is 11.9 Å². The highest BCUT2D eigenvalue weighted by atomic mass is 32.2. The summed E-state index contributed by atoms with van der Waals surface area (Å²) in [7, 11) is -3.91. The van der Waals surface area contributed by atoms with Gasteiger partial charge in [-0.2, -0.15) is 0 Å². The smallest absolute Gasteiger partial charge is 0.305 e. The number of unbranched alkanes of at least 4 members (excludes halogenated alkanes) is 1. The molecule has 1 aromatic carbocycles. The number of sulfone groups is 1. The van der Waals surface area contributed by atoms with Gasteiger partial charge in [0, 0.05) is 19.1 Å². The van der Waals surface area contributed by atoms with Crippen molar-refractivity contribution in [3.8, 4) is 0 Å². The molecule has 0 heterocycles. The predicted molar refractivity (Wildman–Crippen MR) is 228 cm³/mol. The molecular formula is C41H63N7O14S. The van der Waals surface area contributed by atoms with Crippen LogP contribution in [-0.2, 0) is 64.2 Å². The van der Waals surface area contributed by atoms with Crippen LogP contribution in [0, 0.1) is 18.3 Å². The Balaban J connectivity index is 3.61. The van der Waals surface area contributed by atoms with Crippen molar-refractivity contribution in [2.24, 2.45) is 17.1 Å². The van der Waals surface area contributed by atoms with Crippen LogP contribution in [0.3, 0.4) is 0 Å². The number of ketones is 1. The van der Waals surface area contributed by atoms with E-state index in [4.69, 9.17) is 5.73 Å². The number of carbonyl (C=O) groups is 10. The Morgan fingerprint density at radius 2 is 1.22 bits per heavy atom. The molecule has 0 aliphatic carbocycles. The van der Waals surface area contributed by atoms with Gasteiger partial charge in [0.2, 0.25) is 41.2 Å². The van der Waals surface area contributed by atoms with Crippen molar-refractivity contribution in [2.45, 2.75) is 136 Å². The average Bonchev–Trinajstić information content (AvgIpc) is 3.14. The summed E-state index contributed by atoms with van der Waals surface area (Å²) in [5.74, 6) is -12.6. The van der Waals surface area contributed by atoms with Crippen molar-refractivity contribution >= 4 is 68.9 Å². The molecule has 0 aliphatic heterocycles. The minimum Gasteiger partial charge on any atom is -0.481 e. The molecule has 0 saturated carbocycles. The number of rotatable bonds is 27. The van der Waals surface area contributed by atoms with Crippen LogP contribution in [0.1, 0.15) is 97.6 Å². The molecule has 21 nitrogen and oxygen atoms in total. The Hall–Kier alpha value is -5.93. The summed E-state index contributed by atoms with van der Waals surface area (Å²) < 4.78 is 23.3. The molecule has 7 amide bonds. The lowest BCUT2D eigenvalue weighted by atomic mass is 9.85. The number of benzene rings is 1. The first-order valence-electron chi connectivity index (χ1n) is 20.4. The number of carboxylic acids is 2. The van der Waals surface area contributed by atoms with Crippen LogP contribution in [0.25, 0.3) is 0 Å². The Bertz CT molecular complexity index is 1970. The number of aryl methyl sites for hydroxylation is 1. The average molecular weight is 910 g/mol. The van der Waals surface area contributed by atoms with Gasteiger partial charge in [0.1, 0.15) is 36.0 Å². The fraction of sp³-hybridized carbons (Fsp3) is 0.610. The van der Waals surface area contributed by atoms with Gasteiger partial charge in [-0.3, -0.25) is 47.9 Å². The lowest BCUT2D eigenvalue weighted by Gasteiger charge is -2.34. The summed E-state index contributed by atoms with van der Waals surface area (Å²) in [6.45, 7) is 12.0. The van der Waals surface area contributed by atoms with E-state index < -0.39 is 136 Å². The van der Waals surface area contributed by atoms with Crippen LogP contribution in [0.4, 0.5) is 0 Å². The summed E-state index contributed by atoms with van der Waals surface area (Å²) in [5.41, 5.74) is 5.43. The van der Waals surface area contributed by atoms with Crippen molar-refractivity contribution in [3.05, 3.63) is 35.4 Å². The molecular weight excluding hydrogens is 847 g/mol. The van der Waals surface area contributed by atoms with Crippen LogP contribution in [0.5, 0.6) is 0 Å². The predicted octanol–water partition coefficient (Wildman–Crippen LogP) is -0.833. The largest absolute Gasteiger partial charge is 0.481 e. The summed E-state index contributed by atoms with van der Waals surface area (Å²) in [6, 6.07) is -2.23. The van der Waals surface area contributed by atoms with Crippen LogP contribution in [0.2, 0.25) is 0 Å². The number of hydrogen-bond donors (Lipinski definition) is 9. The third-order valence-corrected chi connectivity index (χ3v) is 10.3. The molecule has 0 bridgehead atoms. The molecule has 22 heteroatoms. The zero-order valence-corrected chi connectivity index (χ0v) is 37.8. The van der Waals surface area contributed by atoms with E-state index in [2.05, 4.69) is 26.6 Å². The van der Waals surface area contributed by atoms with Crippen LogP contribution >= 0.6 is 0 Å². The van der Waals surface area contributed by atoms with E-state index in [1.807, 2.05) is 12.2 Å². The summed E-state index contributed by atoms with van der Waals surface area (Å²) in [6.07, 6.45) is -0.481. The molecule has 10 N–H and O–H groups in total. The number of carbonyl (C=O) groups excluding carboxylic acids is 8. The van der Waals surface area contributed by atoms with Crippen molar-refractivity contribution in [2.75, 3.05) is 12.0 Å². The minimum atomic E-state index is -3.91. The molecule has 0 spiro atoms. The molecule has 0 saturated heterocycles. The van der Waals surface area contributed by atoms with Gasteiger partial charge in [0.15, 0.2) is 9.84 Å². The lowest BCUT2D eigenvalue weighted by Crippen LogP contribution is -2.62. The van der Waals surface area contributed by atoms with Crippen LogP contribution in [0.15, 0.2) is 24.3 Å². The van der Waals surface area contributed by atoms with Gasteiger partial charge in [-0.1, -0.05) is 78.6 Å². The van der Waals surface area contributed by atoms with E-state index in [1.54, 1.807) is 65.8 Å². The van der Waals surface area contributed by atoms with Crippen molar-refractivity contribution in [3.63, 3.8) is 0 Å². The monoisotopic (exact) mass is 909 g/mol. The molecule has 0 unspecified atom stereocenters. The summed E-state index contributed by atoms with van der Waals surface area (Å²) in [5, 5.41) is 33.4. The number of Topliss-reactive ketones (excluding diaryl/α,β-unsaturated/α-hetero) is 1. The third-order valence-electron chi connectivity index (χ3n) is 9.50. The molecule has 352 valence electrons. The van der Waals surface area contributed by atoms with E-state index in [1.165, 1.54) is 0 Å². The van der Waals surface area contributed by atoms with E-state index in [0.29, 0.717) is 24.0 Å². The first-order valence-corrected chi connectivity index (χ1v) is 22.4. The van der Waals surface area contributed by atoms with Gasteiger partial charge in [-0.25, -0.2) is 8.42 Å². The fourth-order valence-electron chi connectivity index (χ4n) is 6.20. The van der Waals surface area contributed by atoms with Gasteiger partial charge in [0.25, 0.3) is 5.91 Å². The van der Waals surface area contributed by atoms with E-state index >= 15 is 0 Å². The fourth-order valence-corrected chi connectivity index (χ4v) is 6.76. The topological polar surface area (TPSA) is 343 Å². The van der Waals surface area contributed by atoms with Crippen molar-refractivity contribution in [1.82, 2.24) is 31.9 Å². The Labute approximate surface area is 367 Å². The van der Waals surface area contributed by atoms with Crippen LogP contribution in [-0.4, -0.2) is 126 Å². The summed E-state index contributed by atoms with van der Waals surface area (Å²) >= 11 is 0. The maximum atomic E-state index is 14.3. The molecule has 1 rings (SSSR count). The normalized spacial score (nSPS) is 14.4. The Morgan fingerprint density at radius 3 is 1.73 bits per heavy atom. The zero-order chi connectivity index (χ0) is 48.4.